The molecule has 2 aromatic heterocycles. The quantitative estimate of drug-likeness (QED) is 0.0605. The molecule has 2 atom stereocenters. The van der Waals surface area contributed by atoms with Crippen LogP contribution in [-0.2, 0) is 10.0 Å². The third-order valence-electron chi connectivity index (χ3n) is 15.9. The number of piperidine rings is 1. The maximum atomic E-state index is 14.4. The van der Waals surface area contributed by atoms with Gasteiger partial charge < -0.3 is 34.5 Å². The molecule has 2 saturated carbocycles. The van der Waals surface area contributed by atoms with E-state index in [0.29, 0.717) is 55.9 Å². The van der Waals surface area contributed by atoms with Crippen molar-refractivity contribution in [1.29, 1.82) is 0 Å². The van der Waals surface area contributed by atoms with Gasteiger partial charge in [-0.05, 0) is 136 Å². The van der Waals surface area contributed by atoms with E-state index in [-0.39, 0.29) is 64.3 Å². The highest BCUT2D eigenvalue weighted by Crippen LogP contribution is 2.54. The molecule has 16 nitrogen and oxygen atoms in total. The van der Waals surface area contributed by atoms with Gasteiger partial charge in [0.2, 0.25) is 0 Å². The van der Waals surface area contributed by atoms with Crippen molar-refractivity contribution in [2.75, 3.05) is 43.1 Å². The number of aromatic nitrogens is 2. The van der Waals surface area contributed by atoms with Crippen LogP contribution in [0.25, 0.3) is 11.0 Å². The summed E-state index contributed by atoms with van der Waals surface area (Å²) in [5, 5.41) is 27.0. The minimum absolute atomic E-state index is 0.00517. The van der Waals surface area contributed by atoms with Gasteiger partial charge in [0.15, 0.2) is 17.2 Å². The minimum atomic E-state index is -4.71. The lowest BCUT2D eigenvalue weighted by Gasteiger charge is -2.56. The van der Waals surface area contributed by atoms with Crippen LogP contribution in [0, 0.1) is 27.4 Å². The molecule has 5 heterocycles. The monoisotopic (exact) mass is 989 g/mol. The molecular weight excluding hydrogens is 923 g/mol. The van der Waals surface area contributed by atoms with Gasteiger partial charge in [-0.1, -0.05) is 52.0 Å². The molecule has 1 spiro atoms. The molecule has 4 N–H and O–H groups in total. The predicted octanol–water partition coefficient (Wildman–Crippen LogP) is 10.2. The lowest BCUT2D eigenvalue weighted by Crippen LogP contribution is -2.54. The number of hydrogen-bond acceptors (Lipinski definition) is 13. The summed E-state index contributed by atoms with van der Waals surface area (Å²) in [4.78, 5) is 38.6. The molecule has 2 aliphatic carbocycles. The molecule has 0 unspecified atom stereocenters. The lowest BCUT2D eigenvalue weighted by molar-refractivity contribution is -0.384. The minimum Gasteiger partial charge on any atom is -0.489 e. The third kappa shape index (κ3) is 10.0. The number of nitro groups is 1. The number of anilines is 2. The van der Waals surface area contributed by atoms with Gasteiger partial charge >= 0.3 is 0 Å². The first-order valence-corrected chi connectivity index (χ1v) is 27.0. The number of ether oxygens (including phenoxy) is 3. The molecular formula is C54H67N7O9S. The molecule has 0 radical (unpaired) electrons. The van der Waals surface area contributed by atoms with Gasteiger partial charge in [0.1, 0.15) is 18.0 Å². The summed E-state index contributed by atoms with van der Waals surface area (Å²) in [6.07, 6.45) is 11.2. The number of aliphatic hydroxyl groups is 1. The Bertz CT molecular complexity index is 2910. The summed E-state index contributed by atoms with van der Waals surface area (Å²) in [6.45, 7) is 13.7. The molecule has 71 heavy (non-hydrogen) atoms. The van der Waals surface area contributed by atoms with E-state index in [1.165, 1.54) is 42.9 Å². The van der Waals surface area contributed by atoms with Gasteiger partial charge in [0.25, 0.3) is 27.5 Å². The summed E-state index contributed by atoms with van der Waals surface area (Å²) < 4.78 is 49.2. The van der Waals surface area contributed by atoms with Crippen LogP contribution in [0.1, 0.15) is 132 Å². The number of nitrogens with zero attached hydrogens (tertiary/aromatic N) is 4. The van der Waals surface area contributed by atoms with Crippen LogP contribution in [0.15, 0.2) is 77.8 Å². The van der Waals surface area contributed by atoms with Gasteiger partial charge in [-0.3, -0.25) is 19.8 Å². The fourth-order valence-electron chi connectivity index (χ4n) is 11.9. The van der Waals surface area contributed by atoms with Crippen LogP contribution in [0.5, 0.6) is 23.1 Å². The second-order valence-electron chi connectivity index (χ2n) is 21.8. The topological polar surface area (TPSA) is 201 Å². The van der Waals surface area contributed by atoms with Crippen molar-refractivity contribution in [3.05, 3.63) is 99.7 Å². The maximum absolute atomic E-state index is 14.4. The van der Waals surface area contributed by atoms with E-state index in [0.717, 1.165) is 49.6 Å². The Morgan fingerprint density at radius 3 is 2.48 bits per heavy atom. The summed E-state index contributed by atoms with van der Waals surface area (Å²) >= 11 is 0. The number of nitrogens with one attached hydrogen (secondary N) is 3. The average molecular weight is 990 g/mol. The fourth-order valence-corrected chi connectivity index (χ4v) is 12.9. The third-order valence-corrected chi connectivity index (χ3v) is 17.2. The van der Waals surface area contributed by atoms with Crippen LogP contribution in [-0.4, -0.2) is 89.8 Å². The Balaban J connectivity index is 0.891. The zero-order chi connectivity index (χ0) is 49.8. The van der Waals surface area contributed by atoms with Crippen LogP contribution in [0.2, 0.25) is 0 Å². The Morgan fingerprint density at radius 1 is 0.986 bits per heavy atom. The number of nitro benzene ring substituents is 1. The van der Waals surface area contributed by atoms with Crippen molar-refractivity contribution >= 4 is 44.0 Å². The molecule has 2 saturated heterocycles. The van der Waals surface area contributed by atoms with E-state index >= 15 is 0 Å². The Labute approximate surface area is 416 Å². The van der Waals surface area contributed by atoms with Crippen molar-refractivity contribution in [3.63, 3.8) is 0 Å². The lowest BCUT2D eigenvalue weighted by atomic mass is 9.59. The molecule has 5 aromatic rings. The molecule has 0 bridgehead atoms. The zero-order valence-corrected chi connectivity index (χ0v) is 42.2. The number of H-pyrrole nitrogens is 1. The van der Waals surface area contributed by atoms with Crippen molar-refractivity contribution in [3.8, 4) is 23.1 Å². The van der Waals surface area contributed by atoms with Gasteiger partial charge in [-0.25, -0.2) is 13.1 Å². The maximum Gasteiger partial charge on any atom is 0.297 e. The first-order valence-electron chi connectivity index (χ1n) is 25.5. The van der Waals surface area contributed by atoms with Gasteiger partial charge in [-0.2, -0.15) is 4.98 Å². The van der Waals surface area contributed by atoms with E-state index in [1.54, 1.807) is 24.4 Å². The number of aromatic amines is 1. The molecule has 3 aromatic carbocycles. The summed E-state index contributed by atoms with van der Waals surface area (Å²) in [6, 6.07) is 20.6. The second-order valence-corrected chi connectivity index (χ2v) is 23.5. The number of carbonyl (C=O) groups excluding carboxylic acids is 1. The molecule has 5 aliphatic rings. The van der Waals surface area contributed by atoms with Crippen molar-refractivity contribution < 1.29 is 37.5 Å². The number of benzene rings is 3. The number of hydrogen-bond donors (Lipinski definition) is 4. The number of sulfonamides is 1. The first kappa shape index (κ1) is 48.7. The van der Waals surface area contributed by atoms with Gasteiger partial charge in [0.05, 0.1) is 33.6 Å². The van der Waals surface area contributed by atoms with Crippen LogP contribution in [0.4, 0.5) is 17.1 Å². The van der Waals surface area contributed by atoms with Gasteiger partial charge in [-0.15, -0.1) is 0 Å². The standard InChI is InChI=1S/C54H67N7O9S/c1-33(2)31-69-52-48(25-36-16-21-55-50(36)57-52)70-46-26-37(59-23-19-54(20-24-59)29-38(30-54)60-22-8-11-44(60)41-10-7-6-9-40(41)34(3)4)12-13-42(46)51(62)58-71(66,67)39-27-45(61(64)65)49-47(28-39)68-32-43(56-49)35-14-17-53(5,63)18-15-35/h6-7,9-10,12-13,16,21,25-28,33-35,38,43-44,56,63H,8,11,14-15,17-20,22-24,29-32H2,1-5H3,(H,55,57)(H,58,62)/t35?,43-,44+,53?/m1/s1. The number of amides is 1. The molecule has 378 valence electrons. The molecule has 10 rings (SSSR count). The second kappa shape index (κ2) is 19.3. The largest absolute Gasteiger partial charge is 0.489 e. The smallest absolute Gasteiger partial charge is 0.297 e. The van der Waals surface area contributed by atoms with E-state index in [9.17, 15) is 28.4 Å². The van der Waals surface area contributed by atoms with Crippen LogP contribution in [0.3, 0.4) is 0 Å². The fraction of sp³-hybridized carbons (Fsp3) is 0.519. The van der Waals surface area contributed by atoms with Crippen molar-refractivity contribution in [2.24, 2.45) is 17.3 Å². The normalized spacial score (nSPS) is 23.5. The van der Waals surface area contributed by atoms with Crippen LogP contribution < -0.4 is 29.1 Å². The Hall–Kier alpha value is -5.91. The van der Waals surface area contributed by atoms with E-state index in [2.05, 4.69) is 67.9 Å². The summed E-state index contributed by atoms with van der Waals surface area (Å²) in [5.41, 5.74) is 3.38. The van der Waals surface area contributed by atoms with Gasteiger partial charge in [0, 0.05) is 60.6 Å². The number of fused-ring (bicyclic) bond motifs is 2. The SMILES string of the molecule is CC(C)COc1nc2[nH]ccc2cc1Oc1cc(N2CCC3(CC2)CC(N2CCC[C@H]2c2ccccc2C(C)C)C3)ccc1C(=O)NS(=O)(=O)c1cc2c(c([N+](=O)[O-])c1)N[C@@H](C1CCC(C)(O)CC1)CO2. The Kier molecular flexibility index (Phi) is 13.2. The predicted molar refractivity (Wildman–Crippen MR) is 272 cm³/mol. The average Bonchev–Trinajstić information content (AvgIpc) is 4.02. The number of likely N-dealkylation sites (tertiary alicyclic amines) is 1. The van der Waals surface area contributed by atoms with E-state index in [4.69, 9.17) is 14.2 Å². The summed E-state index contributed by atoms with van der Waals surface area (Å²) in [5.74, 6) is 0.291. The molecule has 3 aliphatic heterocycles. The van der Waals surface area contributed by atoms with E-state index in [1.807, 2.05) is 32.9 Å². The number of pyridine rings is 1. The highest BCUT2D eigenvalue weighted by atomic mass is 32.2. The van der Waals surface area contributed by atoms with Crippen molar-refractivity contribution in [2.45, 2.75) is 133 Å². The van der Waals surface area contributed by atoms with Crippen LogP contribution >= 0.6 is 0 Å². The molecule has 17 heteroatoms. The van der Waals surface area contributed by atoms with Crippen molar-refractivity contribution in [1.82, 2.24) is 19.6 Å². The zero-order valence-electron chi connectivity index (χ0n) is 41.4. The highest BCUT2D eigenvalue weighted by Gasteiger charge is 2.50. The Morgan fingerprint density at radius 2 is 1.75 bits per heavy atom. The number of carbonyl (C=O) groups is 1. The molecule has 4 fully saturated rings. The summed E-state index contributed by atoms with van der Waals surface area (Å²) in [7, 11) is -4.71. The highest BCUT2D eigenvalue weighted by molar-refractivity contribution is 7.90. The molecule has 1 amide bonds. The van der Waals surface area contributed by atoms with E-state index < -0.39 is 37.0 Å². The number of rotatable bonds is 14. The first-order chi connectivity index (χ1) is 33.9.